The van der Waals surface area contributed by atoms with Gasteiger partial charge in [0.2, 0.25) is 0 Å². The molecule has 1 atom stereocenters. The van der Waals surface area contributed by atoms with Crippen molar-refractivity contribution in [2.45, 2.75) is 32.3 Å². The Bertz CT molecular complexity index is 351. The molecule has 1 aliphatic rings. The van der Waals surface area contributed by atoms with E-state index in [0.29, 0.717) is 6.10 Å². The Hall–Kier alpha value is -0.610. The summed E-state index contributed by atoms with van der Waals surface area (Å²) < 4.78 is 6.63. The highest BCUT2D eigenvalue weighted by Gasteiger charge is 2.14. The molecule has 0 aromatic carbocycles. The van der Waals surface area contributed by atoms with Crippen LogP contribution in [0.25, 0.3) is 0 Å². The van der Waals surface area contributed by atoms with E-state index in [0.717, 1.165) is 29.9 Å². The molecule has 0 bridgehead atoms. The molecular formula is C12H17BrN2O. The molecule has 2 rings (SSSR count). The highest BCUT2D eigenvalue weighted by molar-refractivity contribution is 9.10. The van der Waals surface area contributed by atoms with Gasteiger partial charge in [-0.25, -0.2) is 4.98 Å². The van der Waals surface area contributed by atoms with E-state index in [-0.39, 0.29) is 0 Å². The molecule has 0 aliphatic carbocycles. The third-order valence-electron chi connectivity index (χ3n) is 2.87. The first-order valence-corrected chi connectivity index (χ1v) is 6.53. The van der Waals surface area contributed by atoms with Gasteiger partial charge in [-0.05, 0) is 53.7 Å². The number of aryl methyl sites for hydroxylation is 1. The number of anilines is 1. The zero-order chi connectivity index (χ0) is 11.4. The maximum Gasteiger partial charge on any atom is 0.140 e. The fraction of sp³-hybridized carbons (Fsp3) is 0.583. The molecule has 0 amide bonds. The fourth-order valence-corrected chi connectivity index (χ4v) is 2.26. The van der Waals surface area contributed by atoms with Crippen LogP contribution in [0, 0.1) is 6.92 Å². The zero-order valence-electron chi connectivity index (χ0n) is 9.50. The molecule has 0 saturated carbocycles. The number of ether oxygens (including phenoxy) is 1. The van der Waals surface area contributed by atoms with Gasteiger partial charge < -0.3 is 10.1 Å². The second-order valence-corrected chi connectivity index (χ2v) is 4.93. The lowest BCUT2D eigenvalue weighted by atomic mass is 10.2. The van der Waals surface area contributed by atoms with Crippen molar-refractivity contribution >= 4 is 21.7 Å². The third kappa shape index (κ3) is 2.95. The van der Waals surface area contributed by atoms with Gasteiger partial charge in [0.05, 0.1) is 10.6 Å². The molecule has 4 heteroatoms. The van der Waals surface area contributed by atoms with Crippen LogP contribution in [-0.2, 0) is 4.74 Å². The highest BCUT2D eigenvalue weighted by atomic mass is 79.9. The molecule has 1 saturated heterocycles. The minimum Gasteiger partial charge on any atom is -0.378 e. The second kappa shape index (κ2) is 5.64. The van der Waals surface area contributed by atoms with E-state index in [9.17, 15) is 0 Å². The minimum absolute atomic E-state index is 0.441. The molecule has 2 heterocycles. The first kappa shape index (κ1) is 11.9. The summed E-state index contributed by atoms with van der Waals surface area (Å²) in [4.78, 5) is 4.30. The molecular weight excluding hydrogens is 268 g/mol. The Kier molecular flexibility index (Phi) is 4.18. The van der Waals surface area contributed by atoms with Crippen molar-refractivity contribution in [3.63, 3.8) is 0 Å². The Balaban J connectivity index is 1.82. The third-order valence-corrected chi connectivity index (χ3v) is 3.87. The molecule has 1 aliphatic heterocycles. The van der Waals surface area contributed by atoms with Gasteiger partial charge in [0.15, 0.2) is 0 Å². The first-order chi connectivity index (χ1) is 7.77. The van der Waals surface area contributed by atoms with E-state index in [1.807, 2.05) is 12.3 Å². The standard InChI is InChI=1S/C12H17BrN2O/c1-9-4-6-14-12(11(9)13)15-7-5-10-3-2-8-16-10/h4,6,10H,2-3,5,7-8H2,1H3,(H,14,15). The van der Waals surface area contributed by atoms with Crippen LogP contribution in [0.3, 0.4) is 0 Å². The zero-order valence-corrected chi connectivity index (χ0v) is 11.1. The van der Waals surface area contributed by atoms with Crippen LogP contribution in [-0.4, -0.2) is 24.2 Å². The SMILES string of the molecule is Cc1ccnc(NCCC2CCCO2)c1Br. The van der Waals surface area contributed by atoms with E-state index >= 15 is 0 Å². The number of hydrogen-bond acceptors (Lipinski definition) is 3. The van der Waals surface area contributed by atoms with Gasteiger partial charge in [0, 0.05) is 19.3 Å². The fourth-order valence-electron chi connectivity index (χ4n) is 1.89. The number of aromatic nitrogens is 1. The van der Waals surface area contributed by atoms with Crippen LogP contribution >= 0.6 is 15.9 Å². The average Bonchev–Trinajstić information content (AvgIpc) is 2.77. The molecule has 88 valence electrons. The Labute approximate surface area is 105 Å². The van der Waals surface area contributed by atoms with Crippen molar-refractivity contribution in [1.29, 1.82) is 0 Å². The molecule has 1 aromatic heterocycles. The molecule has 3 nitrogen and oxygen atoms in total. The van der Waals surface area contributed by atoms with E-state index in [2.05, 4.69) is 33.2 Å². The minimum atomic E-state index is 0.441. The first-order valence-electron chi connectivity index (χ1n) is 5.74. The summed E-state index contributed by atoms with van der Waals surface area (Å²) in [7, 11) is 0. The lowest BCUT2D eigenvalue weighted by Gasteiger charge is -2.12. The summed E-state index contributed by atoms with van der Waals surface area (Å²) >= 11 is 3.54. The van der Waals surface area contributed by atoms with Crippen molar-refractivity contribution in [2.24, 2.45) is 0 Å². The van der Waals surface area contributed by atoms with Gasteiger partial charge in [-0.2, -0.15) is 0 Å². The van der Waals surface area contributed by atoms with Crippen molar-refractivity contribution < 1.29 is 4.74 Å². The van der Waals surface area contributed by atoms with Gasteiger partial charge in [-0.15, -0.1) is 0 Å². The van der Waals surface area contributed by atoms with E-state index < -0.39 is 0 Å². The average molecular weight is 285 g/mol. The molecule has 1 unspecified atom stereocenters. The summed E-state index contributed by atoms with van der Waals surface area (Å²) in [5, 5.41) is 3.34. The number of nitrogens with zero attached hydrogens (tertiary/aromatic N) is 1. The largest absolute Gasteiger partial charge is 0.378 e. The lowest BCUT2D eigenvalue weighted by Crippen LogP contribution is -2.13. The maximum atomic E-state index is 5.57. The van der Waals surface area contributed by atoms with Gasteiger partial charge in [0.1, 0.15) is 5.82 Å². The van der Waals surface area contributed by atoms with Crippen LogP contribution in [0.4, 0.5) is 5.82 Å². The number of halogens is 1. The van der Waals surface area contributed by atoms with E-state index in [1.54, 1.807) is 0 Å². The van der Waals surface area contributed by atoms with Gasteiger partial charge >= 0.3 is 0 Å². The normalized spacial score (nSPS) is 20.0. The van der Waals surface area contributed by atoms with E-state index in [4.69, 9.17) is 4.74 Å². The number of pyridine rings is 1. The maximum absolute atomic E-state index is 5.57. The van der Waals surface area contributed by atoms with Gasteiger partial charge in [-0.1, -0.05) is 0 Å². The predicted molar refractivity (Wildman–Crippen MR) is 68.8 cm³/mol. The van der Waals surface area contributed by atoms with Crippen LogP contribution < -0.4 is 5.32 Å². The Morgan fingerprint density at radius 1 is 1.62 bits per heavy atom. The molecule has 1 aromatic rings. The molecule has 1 N–H and O–H groups in total. The summed E-state index contributed by atoms with van der Waals surface area (Å²) in [6, 6.07) is 2.00. The molecule has 16 heavy (non-hydrogen) atoms. The van der Waals surface area contributed by atoms with Gasteiger partial charge in [-0.3, -0.25) is 0 Å². The van der Waals surface area contributed by atoms with Crippen LogP contribution in [0.15, 0.2) is 16.7 Å². The summed E-state index contributed by atoms with van der Waals surface area (Å²) in [6.45, 7) is 3.91. The van der Waals surface area contributed by atoms with Crippen molar-refractivity contribution in [3.8, 4) is 0 Å². The van der Waals surface area contributed by atoms with Crippen molar-refractivity contribution in [2.75, 3.05) is 18.5 Å². The summed E-state index contributed by atoms with van der Waals surface area (Å²) in [5.41, 5.74) is 1.20. The van der Waals surface area contributed by atoms with Gasteiger partial charge in [0.25, 0.3) is 0 Å². The van der Waals surface area contributed by atoms with Crippen LogP contribution in [0.1, 0.15) is 24.8 Å². The summed E-state index contributed by atoms with van der Waals surface area (Å²) in [6.07, 6.45) is 5.73. The summed E-state index contributed by atoms with van der Waals surface area (Å²) in [5.74, 6) is 0.929. The monoisotopic (exact) mass is 284 g/mol. The van der Waals surface area contributed by atoms with E-state index in [1.165, 1.54) is 18.4 Å². The smallest absolute Gasteiger partial charge is 0.140 e. The second-order valence-electron chi connectivity index (χ2n) is 4.14. The topological polar surface area (TPSA) is 34.2 Å². The van der Waals surface area contributed by atoms with Crippen molar-refractivity contribution in [1.82, 2.24) is 4.98 Å². The predicted octanol–water partition coefficient (Wildman–Crippen LogP) is 3.13. The quantitative estimate of drug-likeness (QED) is 0.922. The number of hydrogen-bond donors (Lipinski definition) is 1. The molecule has 0 spiro atoms. The molecule has 1 fully saturated rings. The van der Waals surface area contributed by atoms with Crippen molar-refractivity contribution in [3.05, 3.63) is 22.3 Å². The Morgan fingerprint density at radius 2 is 2.50 bits per heavy atom. The number of nitrogens with one attached hydrogen (secondary N) is 1. The van der Waals surface area contributed by atoms with Crippen LogP contribution in [0.2, 0.25) is 0 Å². The lowest BCUT2D eigenvalue weighted by molar-refractivity contribution is 0.107. The highest BCUT2D eigenvalue weighted by Crippen LogP contribution is 2.23. The molecule has 0 radical (unpaired) electrons. The number of rotatable bonds is 4. The van der Waals surface area contributed by atoms with Crippen LogP contribution in [0.5, 0.6) is 0 Å². The Morgan fingerprint density at radius 3 is 3.25 bits per heavy atom.